The first-order valence-corrected chi connectivity index (χ1v) is 9.40. The maximum Gasteiger partial charge on any atom is 0.220 e. The van der Waals surface area contributed by atoms with Crippen LogP contribution >= 0.6 is 22.9 Å². The van der Waals surface area contributed by atoms with Crippen molar-refractivity contribution in [1.82, 2.24) is 10.2 Å². The Kier molecular flexibility index (Phi) is 7.62. The van der Waals surface area contributed by atoms with Crippen molar-refractivity contribution in [3.63, 3.8) is 0 Å². The molecule has 0 unspecified atom stereocenters. The summed E-state index contributed by atoms with van der Waals surface area (Å²) in [5, 5.41) is 2.94. The lowest BCUT2D eigenvalue weighted by atomic mass is 10.1. The minimum Gasteiger partial charge on any atom is -0.355 e. The minimum absolute atomic E-state index is 0.0412. The number of rotatable bonds is 9. The molecule has 1 amide bonds. The van der Waals surface area contributed by atoms with E-state index in [9.17, 15) is 9.59 Å². The van der Waals surface area contributed by atoms with E-state index in [1.54, 1.807) is 12.1 Å². The number of hydrogen-bond acceptors (Lipinski definition) is 4. The molecule has 0 aliphatic rings. The Morgan fingerprint density at radius 1 is 1.12 bits per heavy atom. The number of carbonyl (C=O) groups excluding carboxylic acids is 2. The average Bonchev–Trinajstić information content (AvgIpc) is 3.03. The fraction of sp³-hybridized carbons (Fsp3) is 0.368. The Hall–Kier alpha value is -1.69. The third-order valence-corrected chi connectivity index (χ3v) is 5.28. The van der Waals surface area contributed by atoms with E-state index in [1.165, 1.54) is 16.9 Å². The lowest BCUT2D eigenvalue weighted by Gasteiger charge is -2.24. The summed E-state index contributed by atoms with van der Waals surface area (Å²) in [6.07, 6.45) is 1.26. The third-order valence-electron chi connectivity index (χ3n) is 4.01. The summed E-state index contributed by atoms with van der Waals surface area (Å²) >= 11 is 7.08. The molecule has 0 saturated heterocycles. The Morgan fingerprint density at radius 3 is 2.44 bits per heavy atom. The fourth-order valence-electron chi connectivity index (χ4n) is 2.46. The normalized spacial score (nSPS) is 12.2. The number of nitrogens with one attached hydrogen (secondary N) is 1. The number of amides is 1. The number of Topliss-reactive ketones (excluding diaryl/α,β-unsaturated/α-hetero) is 1. The number of benzene rings is 1. The molecule has 2 aromatic rings. The maximum absolute atomic E-state index is 12.1. The summed E-state index contributed by atoms with van der Waals surface area (Å²) in [5.74, 6) is -0.142. The van der Waals surface area contributed by atoms with Crippen LogP contribution in [0.15, 0.2) is 42.5 Å². The van der Waals surface area contributed by atoms with E-state index in [0.717, 1.165) is 6.42 Å². The molecule has 1 heterocycles. The SMILES string of the molecule is CN(C)[C@H](CNC(=O)CCC(=O)c1ccc(Cl)s1)Cc1ccccc1. The van der Waals surface area contributed by atoms with Crippen LogP contribution < -0.4 is 5.32 Å². The molecule has 0 aliphatic heterocycles. The van der Waals surface area contributed by atoms with E-state index < -0.39 is 0 Å². The van der Waals surface area contributed by atoms with E-state index >= 15 is 0 Å². The summed E-state index contributed by atoms with van der Waals surface area (Å²) in [5.41, 5.74) is 1.24. The first-order valence-electron chi connectivity index (χ1n) is 8.21. The van der Waals surface area contributed by atoms with Gasteiger partial charge in [0.25, 0.3) is 0 Å². The summed E-state index contributed by atoms with van der Waals surface area (Å²) in [4.78, 5) is 26.8. The van der Waals surface area contributed by atoms with E-state index in [-0.39, 0.29) is 30.6 Å². The van der Waals surface area contributed by atoms with Crippen molar-refractivity contribution in [1.29, 1.82) is 0 Å². The largest absolute Gasteiger partial charge is 0.355 e. The second kappa shape index (κ2) is 9.70. The number of hydrogen-bond donors (Lipinski definition) is 1. The highest BCUT2D eigenvalue weighted by Gasteiger charge is 2.15. The molecule has 6 heteroatoms. The van der Waals surface area contributed by atoms with Crippen molar-refractivity contribution in [2.75, 3.05) is 20.6 Å². The number of nitrogens with zero attached hydrogens (tertiary/aromatic N) is 1. The van der Waals surface area contributed by atoms with Crippen molar-refractivity contribution in [2.45, 2.75) is 25.3 Å². The molecule has 1 aromatic heterocycles. The van der Waals surface area contributed by atoms with Gasteiger partial charge in [-0.3, -0.25) is 9.59 Å². The predicted molar refractivity (Wildman–Crippen MR) is 104 cm³/mol. The summed E-state index contributed by atoms with van der Waals surface area (Å²) in [6.45, 7) is 0.555. The third kappa shape index (κ3) is 6.61. The maximum atomic E-state index is 12.1. The summed E-state index contributed by atoms with van der Waals surface area (Å²) in [6, 6.07) is 13.8. The summed E-state index contributed by atoms with van der Waals surface area (Å²) < 4.78 is 0.586. The Labute approximate surface area is 157 Å². The van der Waals surface area contributed by atoms with Gasteiger partial charge in [-0.1, -0.05) is 41.9 Å². The van der Waals surface area contributed by atoms with Gasteiger partial charge in [-0.2, -0.15) is 0 Å². The van der Waals surface area contributed by atoms with Gasteiger partial charge in [0.05, 0.1) is 9.21 Å². The zero-order chi connectivity index (χ0) is 18.2. The number of ketones is 1. The average molecular weight is 379 g/mol. The van der Waals surface area contributed by atoms with Crippen LogP contribution in [0.3, 0.4) is 0 Å². The molecule has 0 fully saturated rings. The molecule has 0 radical (unpaired) electrons. The van der Waals surface area contributed by atoms with E-state index in [2.05, 4.69) is 22.3 Å². The quantitative estimate of drug-likeness (QED) is 0.677. The highest BCUT2D eigenvalue weighted by atomic mass is 35.5. The van der Waals surface area contributed by atoms with E-state index in [1.807, 2.05) is 32.3 Å². The van der Waals surface area contributed by atoms with Gasteiger partial charge >= 0.3 is 0 Å². The highest BCUT2D eigenvalue weighted by molar-refractivity contribution is 7.18. The van der Waals surface area contributed by atoms with E-state index in [0.29, 0.717) is 15.8 Å². The Balaban J connectivity index is 1.77. The lowest BCUT2D eigenvalue weighted by Crippen LogP contribution is -2.41. The molecule has 0 spiro atoms. The smallest absolute Gasteiger partial charge is 0.220 e. The number of thiophene rings is 1. The first-order chi connectivity index (χ1) is 12.0. The second-order valence-corrected chi connectivity index (χ2v) is 7.85. The van der Waals surface area contributed by atoms with Gasteiger partial charge in [0.1, 0.15) is 0 Å². The molecule has 0 bridgehead atoms. The molecule has 2 rings (SSSR count). The van der Waals surface area contributed by atoms with Crippen molar-refractivity contribution < 1.29 is 9.59 Å². The van der Waals surface area contributed by atoms with Crippen LogP contribution in [0.5, 0.6) is 0 Å². The van der Waals surface area contributed by atoms with E-state index in [4.69, 9.17) is 11.6 Å². The predicted octanol–water partition coefficient (Wildman–Crippen LogP) is 3.65. The standard InChI is InChI=1S/C19H23ClN2O2S/c1-22(2)15(12-14-6-4-3-5-7-14)13-21-19(24)11-8-16(23)17-9-10-18(20)25-17/h3-7,9-10,15H,8,11-13H2,1-2H3,(H,21,24)/t15-/m0/s1. The Morgan fingerprint density at radius 2 is 1.84 bits per heavy atom. The fourth-order valence-corrected chi connectivity index (χ4v) is 3.47. The van der Waals surface area contributed by atoms with Crippen LogP contribution in [0.1, 0.15) is 28.1 Å². The van der Waals surface area contributed by atoms with Gasteiger partial charge in [0.15, 0.2) is 5.78 Å². The van der Waals surface area contributed by atoms with Crippen LogP contribution in [0.2, 0.25) is 4.34 Å². The van der Waals surface area contributed by atoms with Crippen LogP contribution in [0, 0.1) is 0 Å². The Bertz CT molecular complexity index is 700. The van der Waals surface area contributed by atoms with Crippen LogP contribution in [0.4, 0.5) is 0 Å². The van der Waals surface area contributed by atoms with Crippen molar-refractivity contribution in [2.24, 2.45) is 0 Å². The van der Waals surface area contributed by atoms with Gasteiger partial charge in [0, 0.05) is 25.4 Å². The molecule has 1 atom stereocenters. The zero-order valence-corrected chi connectivity index (χ0v) is 16.1. The molecule has 4 nitrogen and oxygen atoms in total. The molecular formula is C19H23ClN2O2S. The lowest BCUT2D eigenvalue weighted by molar-refractivity contribution is -0.121. The van der Waals surface area contributed by atoms with Gasteiger partial charge in [-0.15, -0.1) is 11.3 Å². The topological polar surface area (TPSA) is 49.4 Å². The molecular weight excluding hydrogens is 356 g/mol. The van der Waals surface area contributed by atoms with Gasteiger partial charge in [-0.05, 0) is 38.2 Å². The molecule has 1 N–H and O–H groups in total. The first kappa shape index (κ1) is 19.6. The number of likely N-dealkylation sites (N-methyl/N-ethyl adjacent to an activating group) is 1. The monoisotopic (exact) mass is 378 g/mol. The van der Waals surface area contributed by atoms with Crippen LogP contribution in [-0.4, -0.2) is 43.3 Å². The number of halogens is 1. The van der Waals surface area contributed by atoms with Gasteiger partial charge in [-0.25, -0.2) is 0 Å². The summed E-state index contributed by atoms with van der Waals surface area (Å²) in [7, 11) is 4.01. The zero-order valence-electron chi connectivity index (χ0n) is 14.5. The molecule has 1 aromatic carbocycles. The highest BCUT2D eigenvalue weighted by Crippen LogP contribution is 2.22. The van der Waals surface area contributed by atoms with Gasteiger partial charge in [0.2, 0.25) is 5.91 Å². The molecule has 0 aliphatic carbocycles. The van der Waals surface area contributed by atoms with Crippen molar-refractivity contribution >= 4 is 34.6 Å². The molecule has 0 saturated carbocycles. The van der Waals surface area contributed by atoms with Crippen molar-refractivity contribution in [3.05, 3.63) is 57.2 Å². The minimum atomic E-state index is -0.101. The number of carbonyl (C=O) groups is 2. The molecule has 25 heavy (non-hydrogen) atoms. The van der Waals surface area contributed by atoms with Crippen molar-refractivity contribution in [3.8, 4) is 0 Å². The van der Waals surface area contributed by atoms with Crippen LogP contribution in [-0.2, 0) is 11.2 Å². The van der Waals surface area contributed by atoms with Crippen LogP contribution in [0.25, 0.3) is 0 Å². The molecule has 134 valence electrons. The second-order valence-electron chi connectivity index (χ2n) is 6.14. The van der Waals surface area contributed by atoms with Gasteiger partial charge < -0.3 is 10.2 Å².